The van der Waals surface area contributed by atoms with E-state index in [9.17, 15) is 0 Å². The van der Waals surface area contributed by atoms with Crippen LogP contribution in [0.5, 0.6) is 0 Å². The Hall–Kier alpha value is -2.10. The Bertz CT molecular complexity index is 383. The SMILES string of the molecule is Cc1ccnc(N)c1.Nc1ccccn1. The molecule has 15 heavy (non-hydrogen) atoms. The van der Waals surface area contributed by atoms with Crippen LogP contribution in [0, 0.1) is 6.92 Å². The number of rotatable bonds is 0. The number of pyridine rings is 2. The maximum Gasteiger partial charge on any atom is 0.123 e. The number of nitrogen functional groups attached to an aromatic ring is 2. The molecule has 0 aliphatic rings. The number of hydrogen-bond donors (Lipinski definition) is 2. The van der Waals surface area contributed by atoms with Gasteiger partial charge in [-0.1, -0.05) is 6.07 Å². The number of anilines is 2. The maximum absolute atomic E-state index is 5.35. The topological polar surface area (TPSA) is 77.8 Å². The number of aryl methyl sites for hydroxylation is 1. The molecule has 2 rings (SSSR count). The molecule has 2 aromatic rings. The van der Waals surface area contributed by atoms with E-state index in [0.717, 1.165) is 5.56 Å². The Morgan fingerprint density at radius 1 is 0.933 bits per heavy atom. The van der Waals surface area contributed by atoms with Gasteiger partial charge in [-0.15, -0.1) is 0 Å². The molecule has 4 nitrogen and oxygen atoms in total. The predicted octanol–water partition coefficient (Wildman–Crippen LogP) is 1.64. The summed E-state index contributed by atoms with van der Waals surface area (Å²) in [6, 6.07) is 9.18. The smallest absolute Gasteiger partial charge is 0.123 e. The first-order valence-electron chi connectivity index (χ1n) is 4.53. The lowest BCUT2D eigenvalue weighted by atomic mass is 10.3. The van der Waals surface area contributed by atoms with E-state index in [2.05, 4.69) is 9.97 Å². The molecule has 0 spiro atoms. The van der Waals surface area contributed by atoms with Crippen LogP contribution in [-0.4, -0.2) is 9.97 Å². The molecule has 78 valence electrons. The van der Waals surface area contributed by atoms with Gasteiger partial charge in [-0.05, 0) is 36.8 Å². The summed E-state index contributed by atoms with van der Waals surface area (Å²) < 4.78 is 0. The Morgan fingerprint density at radius 2 is 1.67 bits per heavy atom. The Labute approximate surface area is 89.0 Å². The lowest BCUT2D eigenvalue weighted by Crippen LogP contribution is -1.87. The van der Waals surface area contributed by atoms with Gasteiger partial charge in [-0.3, -0.25) is 0 Å². The summed E-state index contributed by atoms with van der Waals surface area (Å²) in [5, 5.41) is 0. The van der Waals surface area contributed by atoms with Gasteiger partial charge in [0.25, 0.3) is 0 Å². The van der Waals surface area contributed by atoms with Crippen LogP contribution in [-0.2, 0) is 0 Å². The van der Waals surface area contributed by atoms with Gasteiger partial charge >= 0.3 is 0 Å². The van der Waals surface area contributed by atoms with Crippen molar-refractivity contribution < 1.29 is 0 Å². The third-order valence-corrected chi connectivity index (χ3v) is 1.62. The fraction of sp³-hybridized carbons (Fsp3) is 0.0909. The zero-order chi connectivity index (χ0) is 11.1. The van der Waals surface area contributed by atoms with Crippen molar-refractivity contribution in [3.05, 3.63) is 48.3 Å². The van der Waals surface area contributed by atoms with Gasteiger partial charge in [0.15, 0.2) is 0 Å². The van der Waals surface area contributed by atoms with Crippen molar-refractivity contribution in [2.75, 3.05) is 11.5 Å². The van der Waals surface area contributed by atoms with E-state index >= 15 is 0 Å². The van der Waals surface area contributed by atoms with E-state index < -0.39 is 0 Å². The molecule has 0 bridgehead atoms. The van der Waals surface area contributed by atoms with Gasteiger partial charge < -0.3 is 11.5 Å². The third-order valence-electron chi connectivity index (χ3n) is 1.62. The minimum atomic E-state index is 0.572. The van der Waals surface area contributed by atoms with Crippen molar-refractivity contribution >= 4 is 11.6 Å². The summed E-state index contributed by atoms with van der Waals surface area (Å²) in [4.78, 5) is 7.57. The molecule has 0 saturated heterocycles. The zero-order valence-corrected chi connectivity index (χ0v) is 8.59. The largest absolute Gasteiger partial charge is 0.384 e. The average molecular weight is 202 g/mol. The molecule has 0 amide bonds. The highest BCUT2D eigenvalue weighted by Gasteiger charge is 1.82. The van der Waals surface area contributed by atoms with Gasteiger partial charge in [-0.25, -0.2) is 9.97 Å². The highest BCUT2D eigenvalue weighted by Crippen LogP contribution is 1.98. The second kappa shape index (κ2) is 5.59. The van der Waals surface area contributed by atoms with Crippen LogP contribution in [0.4, 0.5) is 11.6 Å². The Kier molecular flexibility index (Phi) is 4.09. The van der Waals surface area contributed by atoms with Crippen molar-refractivity contribution in [2.24, 2.45) is 0 Å². The highest BCUT2D eigenvalue weighted by molar-refractivity contribution is 5.30. The molecule has 2 heterocycles. The normalized spacial score (nSPS) is 8.87. The molecule has 0 radical (unpaired) electrons. The fourth-order valence-corrected chi connectivity index (χ4v) is 0.936. The van der Waals surface area contributed by atoms with Gasteiger partial charge in [0.2, 0.25) is 0 Å². The van der Waals surface area contributed by atoms with Crippen LogP contribution >= 0.6 is 0 Å². The molecule has 2 aromatic heterocycles. The molecule has 4 heteroatoms. The van der Waals surface area contributed by atoms with Gasteiger partial charge in [0.1, 0.15) is 11.6 Å². The van der Waals surface area contributed by atoms with E-state index in [-0.39, 0.29) is 0 Å². The summed E-state index contributed by atoms with van der Waals surface area (Å²) in [5.41, 5.74) is 11.7. The summed E-state index contributed by atoms with van der Waals surface area (Å²) in [6.07, 6.45) is 3.36. The fourth-order valence-electron chi connectivity index (χ4n) is 0.936. The summed E-state index contributed by atoms with van der Waals surface area (Å²) >= 11 is 0. The van der Waals surface area contributed by atoms with Crippen molar-refractivity contribution in [2.45, 2.75) is 6.92 Å². The minimum Gasteiger partial charge on any atom is -0.384 e. The number of aromatic nitrogens is 2. The van der Waals surface area contributed by atoms with E-state index in [1.807, 2.05) is 31.2 Å². The first kappa shape index (κ1) is 11.0. The van der Waals surface area contributed by atoms with E-state index in [4.69, 9.17) is 11.5 Å². The van der Waals surface area contributed by atoms with Crippen LogP contribution in [0.1, 0.15) is 5.56 Å². The van der Waals surface area contributed by atoms with Gasteiger partial charge in [0.05, 0.1) is 0 Å². The van der Waals surface area contributed by atoms with Crippen LogP contribution in [0.15, 0.2) is 42.7 Å². The molecular weight excluding hydrogens is 188 g/mol. The quantitative estimate of drug-likeness (QED) is 0.680. The molecule has 0 unspecified atom stereocenters. The van der Waals surface area contributed by atoms with Crippen LogP contribution in [0.25, 0.3) is 0 Å². The second-order valence-electron chi connectivity index (χ2n) is 3.01. The van der Waals surface area contributed by atoms with Crippen molar-refractivity contribution in [3.63, 3.8) is 0 Å². The first-order valence-corrected chi connectivity index (χ1v) is 4.53. The number of nitrogens with zero attached hydrogens (tertiary/aromatic N) is 2. The third kappa shape index (κ3) is 4.61. The molecule has 0 saturated carbocycles. The maximum atomic E-state index is 5.35. The number of nitrogens with two attached hydrogens (primary N) is 2. The molecule has 0 aliphatic heterocycles. The lowest BCUT2D eigenvalue weighted by Gasteiger charge is -1.90. The molecule has 0 aliphatic carbocycles. The van der Waals surface area contributed by atoms with Gasteiger partial charge in [-0.2, -0.15) is 0 Å². The highest BCUT2D eigenvalue weighted by atomic mass is 14.8. The molecule has 0 aromatic carbocycles. The average Bonchev–Trinajstić information content (AvgIpc) is 2.19. The van der Waals surface area contributed by atoms with Crippen molar-refractivity contribution in [1.82, 2.24) is 9.97 Å². The van der Waals surface area contributed by atoms with Crippen LogP contribution in [0.3, 0.4) is 0 Å². The zero-order valence-electron chi connectivity index (χ0n) is 8.59. The summed E-state index contributed by atoms with van der Waals surface area (Å²) in [5.74, 6) is 1.16. The molecule has 4 N–H and O–H groups in total. The van der Waals surface area contributed by atoms with Crippen molar-refractivity contribution in [1.29, 1.82) is 0 Å². The standard InChI is InChI=1S/C6H8N2.C5H6N2/c1-5-2-3-8-6(7)4-5;6-5-3-1-2-4-7-5/h2-4H,1H3,(H2,7,8);1-4H,(H2,6,7). The summed E-state index contributed by atoms with van der Waals surface area (Å²) in [6.45, 7) is 1.98. The monoisotopic (exact) mass is 202 g/mol. The van der Waals surface area contributed by atoms with Crippen LogP contribution in [0.2, 0.25) is 0 Å². The Balaban J connectivity index is 0.000000151. The van der Waals surface area contributed by atoms with Crippen molar-refractivity contribution in [3.8, 4) is 0 Å². The predicted molar refractivity (Wildman–Crippen MR) is 62.0 cm³/mol. The van der Waals surface area contributed by atoms with E-state index in [1.165, 1.54) is 0 Å². The second-order valence-corrected chi connectivity index (χ2v) is 3.01. The lowest BCUT2D eigenvalue weighted by molar-refractivity contribution is 1.30. The minimum absolute atomic E-state index is 0.572. The van der Waals surface area contributed by atoms with E-state index in [1.54, 1.807) is 18.5 Å². The van der Waals surface area contributed by atoms with Gasteiger partial charge in [0, 0.05) is 12.4 Å². The van der Waals surface area contributed by atoms with Crippen LogP contribution < -0.4 is 11.5 Å². The molecule has 0 atom stereocenters. The first-order chi connectivity index (χ1) is 7.18. The molecular formula is C11H14N4. The Morgan fingerprint density at radius 3 is 2.00 bits per heavy atom. The molecule has 0 fully saturated rings. The number of hydrogen-bond acceptors (Lipinski definition) is 4. The summed E-state index contributed by atoms with van der Waals surface area (Å²) in [7, 11) is 0. The van der Waals surface area contributed by atoms with E-state index in [0.29, 0.717) is 11.6 Å².